The van der Waals surface area contributed by atoms with E-state index >= 15 is 0 Å². The molecule has 11 nitrogen and oxygen atoms in total. The van der Waals surface area contributed by atoms with E-state index in [0.29, 0.717) is 47.7 Å². The number of rotatable bonds is 7. The molecule has 0 bridgehead atoms. The van der Waals surface area contributed by atoms with Crippen LogP contribution < -0.4 is 16.2 Å². The molecule has 2 aliphatic rings. The molecule has 0 radical (unpaired) electrons. The number of carbonyl (C=O) groups excluding carboxylic acids is 1. The van der Waals surface area contributed by atoms with Crippen LogP contribution in [0.3, 0.4) is 0 Å². The van der Waals surface area contributed by atoms with Crippen LogP contribution in [0, 0.1) is 11.3 Å². The fourth-order valence-corrected chi connectivity index (χ4v) is 6.32. The number of nitrogens with two attached hydrogens (primary N) is 1. The van der Waals surface area contributed by atoms with Gasteiger partial charge in [-0.15, -0.1) is 0 Å². The van der Waals surface area contributed by atoms with Crippen molar-refractivity contribution in [3.63, 3.8) is 0 Å². The Morgan fingerprint density at radius 1 is 1.02 bits per heavy atom. The van der Waals surface area contributed by atoms with E-state index in [1.807, 2.05) is 44.2 Å². The third-order valence-electron chi connectivity index (χ3n) is 8.57. The molecule has 2 fully saturated rings. The number of hydrogen-bond acceptors (Lipinski definition) is 8. The van der Waals surface area contributed by atoms with Crippen LogP contribution in [0.5, 0.6) is 11.5 Å². The second-order valence-corrected chi connectivity index (χ2v) is 11.9. The minimum Gasteiger partial charge on any atom is -0.457 e. The first kappa shape index (κ1) is 29.1. The second-order valence-electron chi connectivity index (χ2n) is 11.9. The van der Waals surface area contributed by atoms with E-state index in [2.05, 4.69) is 20.9 Å². The van der Waals surface area contributed by atoms with Gasteiger partial charge in [0.05, 0.1) is 11.7 Å². The monoisotopic (exact) mass is 592 g/mol. The zero-order valence-electron chi connectivity index (χ0n) is 25.0. The Labute approximate surface area is 255 Å². The van der Waals surface area contributed by atoms with E-state index < -0.39 is 5.54 Å². The van der Waals surface area contributed by atoms with Crippen LogP contribution in [-0.4, -0.2) is 66.5 Å². The predicted octanol–water partition coefficient (Wildman–Crippen LogP) is 4.44. The number of nitriles is 1. The van der Waals surface area contributed by atoms with Crippen LogP contribution in [0.4, 0.5) is 5.82 Å². The number of piperidine rings is 1. The Balaban J connectivity index is 1.31. The van der Waals surface area contributed by atoms with E-state index in [9.17, 15) is 14.9 Å². The van der Waals surface area contributed by atoms with Crippen LogP contribution in [-0.2, 0) is 4.79 Å². The maximum atomic E-state index is 14.1. The number of anilines is 1. The van der Waals surface area contributed by atoms with Crippen LogP contribution in [0.2, 0.25) is 0 Å². The molecular formula is C33H36N8O3. The maximum absolute atomic E-state index is 14.1. The van der Waals surface area contributed by atoms with Gasteiger partial charge in [-0.3, -0.25) is 18.8 Å². The minimum atomic E-state index is -0.410. The van der Waals surface area contributed by atoms with E-state index in [0.717, 1.165) is 25.9 Å². The van der Waals surface area contributed by atoms with Gasteiger partial charge in [0.1, 0.15) is 35.0 Å². The number of nitrogens with zero attached hydrogens (tertiary/aromatic N) is 7. The molecule has 0 aliphatic carbocycles. The largest absolute Gasteiger partial charge is 0.457 e. The molecule has 2 aromatic carbocycles. The minimum absolute atomic E-state index is 0.127. The van der Waals surface area contributed by atoms with Gasteiger partial charge in [-0.2, -0.15) is 5.26 Å². The number of ether oxygens (including phenoxy) is 1. The summed E-state index contributed by atoms with van der Waals surface area (Å²) >= 11 is 0. The average molecular weight is 593 g/mol. The molecule has 2 aromatic heterocycles. The molecule has 2 aliphatic heterocycles. The quantitative estimate of drug-likeness (QED) is 0.246. The Morgan fingerprint density at radius 2 is 1.73 bits per heavy atom. The van der Waals surface area contributed by atoms with Crippen LogP contribution in [0.15, 0.2) is 77.4 Å². The summed E-state index contributed by atoms with van der Waals surface area (Å²) in [5.74, 6) is 1.19. The van der Waals surface area contributed by atoms with Crippen molar-refractivity contribution < 1.29 is 9.53 Å². The molecule has 0 saturated carbocycles. The fraction of sp³-hybridized carbons (Fsp3) is 0.364. The summed E-state index contributed by atoms with van der Waals surface area (Å²) in [6.07, 6.45) is 6.71. The van der Waals surface area contributed by atoms with Crippen molar-refractivity contribution in [3.8, 4) is 23.3 Å². The summed E-state index contributed by atoms with van der Waals surface area (Å²) in [6, 6.07) is 18.4. The summed E-state index contributed by atoms with van der Waals surface area (Å²) in [7, 11) is 0. The van der Waals surface area contributed by atoms with Gasteiger partial charge in [-0.05, 0) is 95.1 Å². The molecule has 6 rings (SSSR count). The Kier molecular flexibility index (Phi) is 7.93. The Bertz CT molecular complexity index is 1800. The zero-order chi connectivity index (χ0) is 30.8. The standard InChI is InChI=1S/C33H36N8O3/c1-33(2,39-17-6-7-18-39)19-23(20-34)31(42)38-16-8-9-25(21-38)41-30-28(29(35)36-22-37-30)40(32(41)43)24-12-14-27(15-13-24)44-26-10-4-3-5-11-26/h3-5,10-15,19,22,25H,6-9,16-18,21H2,1-2H3,(H2,35,36,37)/t25-/m0/s1. The third-order valence-corrected chi connectivity index (χ3v) is 8.57. The number of benzene rings is 2. The van der Waals surface area contributed by atoms with Crippen molar-refractivity contribution in [2.24, 2.45) is 0 Å². The van der Waals surface area contributed by atoms with E-state index in [4.69, 9.17) is 10.5 Å². The maximum Gasteiger partial charge on any atom is 0.335 e. The van der Waals surface area contributed by atoms with Crippen molar-refractivity contribution in [1.29, 1.82) is 5.26 Å². The smallest absolute Gasteiger partial charge is 0.335 e. The number of para-hydroxylation sites is 1. The summed E-state index contributed by atoms with van der Waals surface area (Å²) in [4.78, 5) is 40.4. The lowest BCUT2D eigenvalue weighted by molar-refractivity contribution is -0.128. The van der Waals surface area contributed by atoms with Gasteiger partial charge < -0.3 is 15.4 Å². The van der Waals surface area contributed by atoms with E-state index in [1.165, 1.54) is 10.9 Å². The molecule has 2 N–H and O–H groups in total. The van der Waals surface area contributed by atoms with E-state index in [1.54, 1.807) is 39.8 Å². The average Bonchev–Trinajstić information content (AvgIpc) is 3.69. The number of amides is 1. The third kappa shape index (κ3) is 5.56. The molecule has 0 unspecified atom stereocenters. The normalized spacial score (nSPS) is 18.0. The van der Waals surface area contributed by atoms with Gasteiger partial charge in [0.15, 0.2) is 11.5 Å². The van der Waals surface area contributed by atoms with E-state index in [-0.39, 0.29) is 35.6 Å². The zero-order valence-corrected chi connectivity index (χ0v) is 25.0. The van der Waals surface area contributed by atoms with Gasteiger partial charge in [-0.25, -0.2) is 14.8 Å². The van der Waals surface area contributed by atoms with Crippen molar-refractivity contribution in [3.05, 3.63) is 83.1 Å². The lowest BCUT2D eigenvalue weighted by Gasteiger charge is -2.35. The first-order chi connectivity index (χ1) is 21.3. The second kappa shape index (κ2) is 12.0. The van der Waals surface area contributed by atoms with Crippen LogP contribution in [0.1, 0.15) is 45.6 Å². The highest BCUT2D eigenvalue weighted by Crippen LogP contribution is 2.30. The highest BCUT2D eigenvalue weighted by Gasteiger charge is 2.33. The Morgan fingerprint density at radius 3 is 2.43 bits per heavy atom. The number of likely N-dealkylation sites (tertiary alicyclic amines) is 2. The first-order valence-corrected chi connectivity index (χ1v) is 15.0. The highest BCUT2D eigenvalue weighted by atomic mass is 16.5. The highest BCUT2D eigenvalue weighted by molar-refractivity contribution is 5.97. The van der Waals surface area contributed by atoms with Crippen molar-refractivity contribution in [1.82, 2.24) is 28.9 Å². The molecule has 1 amide bonds. The summed E-state index contributed by atoms with van der Waals surface area (Å²) in [5.41, 5.74) is 7.11. The van der Waals surface area contributed by atoms with Gasteiger partial charge in [0, 0.05) is 18.6 Å². The van der Waals surface area contributed by atoms with Crippen molar-refractivity contribution >= 4 is 22.9 Å². The predicted molar refractivity (Wildman–Crippen MR) is 167 cm³/mol. The van der Waals surface area contributed by atoms with Crippen LogP contribution >= 0.6 is 0 Å². The molecule has 4 heterocycles. The number of fused-ring (bicyclic) bond motifs is 1. The molecule has 1 atom stereocenters. The molecule has 4 aromatic rings. The van der Waals surface area contributed by atoms with Crippen molar-refractivity contribution in [2.75, 3.05) is 31.9 Å². The number of nitrogen functional groups attached to an aromatic ring is 1. The van der Waals surface area contributed by atoms with Gasteiger partial charge in [0.25, 0.3) is 5.91 Å². The SMILES string of the molecule is CC(C)(C=C(C#N)C(=O)N1CCC[C@H](n2c(=O)n(-c3ccc(Oc4ccccc4)cc3)c3c(N)ncnc32)C1)N1CCCC1. The topological polar surface area (TPSA) is 135 Å². The number of carbonyl (C=O) groups is 1. The Hall–Kier alpha value is -4.95. The van der Waals surface area contributed by atoms with Gasteiger partial charge in [-0.1, -0.05) is 18.2 Å². The summed E-state index contributed by atoms with van der Waals surface area (Å²) < 4.78 is 9.05. The lowest BCUT2D eigenvalue weighted by Crippen LogP contribution is -2.45. The molecule has 11 heteroatoms. The molecule has 2 saturated heterocycles. The number of hydrogen-bond donors (Lipinski definition) is 1. The molecule has 226 valence electrons. The van der Waals surface area contributed by atoms with Crippen molar-refractivity contribution in [2.45, 2.75) is 51.1 Å². The van der Waals surface area contributed by atoms with Gasteiger partial charge >= 0.3 is 5.69 Å². The number of imidazole rings is 1. The summed E-state index contributed by atoms with van der Waals surface area (Å²) in [6.45, 7) is 6.76. The number of aromatic nitrogens is 4. The summed E-state index contributed by atoms with van der Waals surface area (Å²) in [5, 5.41) is 9.98. The fourth-order valence-electron chi connectivity index (χ4n) is 6.32. The first-order valence-electron chi connectivity index (χ1n) is 15.0. The lowest BCUT2D eigenvalue weighted by atomic mass is 9.98. The van der Waals surface area contributed by atoms with Crippen LogP contribution in [0.25, 0.3) is 16.9 Å². The molecular weight excluding hydrogens is 556 g/mol. The van der Waals surface area contributed by atoms with Gasteiger partial charge in [0.2, 0.25) is 0 Å². The molecule has 0 spiro atoms. The molecule has 44 heavy (non-hydrogen) atoms.